The summed E-state index contributed by atoms with van der Waals surface area (Å²) in [6.45, 7) is 15.4. The second kappa shape index (κ2) is 7.67. The molecule has 0 rings (SSSR count). The summed E-state index contributed by atoms with van der Waals surface area (Å²) in [6.07, 6.45) is 10.2. The summed E-state index contributed by atoms with van der Waals surface area (Å²) in [4.78, 5) is 0. The van der Waals surface area contributed by atoms with Gasteiger partial charge in [0.25, 0.3) is 0 Å². The summed E-state index contributed by atoms with van der Waals surface area (Å²) in [7, 11) is -0.994. The molecule has 0 saturated carbocycles. The highest BCUT2D eigenvalue weighted by Crippen LogP contribution is 2.13. The fraction of sp³-hybridized carbons (Fsp3) is 0.600. The lowest BCUT2D eigenvalue weighted by Crippen LogP contribution is -2.15. The van der Waals surface area contributed by atoms with Crippen molar-refractivity contribution < 1.29 is 0 Å². The van der Waals surface area contributed by atoms with E-state index in [1.54, 1.807) is 0 Å². The van der Waals surface area contributed by atoms with Gasteiger partial charge in [-0.15, -0.1) is 6.58 Å². The topological polar surface area (TPSA) is 0 Å². The van der Waals surface area contributed by atoms with Crippen LogP contribution in [0.2, 0.25) is 19.6 Å². The Balaban J connectivity index is 3.88. The van der Waals surface area contributed by atoms with Gasteiger partial charge in [-0.2, -0.15) is 0 Å². The second-order valence-corrected chi connectivity index (χ2v) is 10.9. The third kappa shape index (κ3) is 9.97. The van der Waals surface area contributed by atoms with Crippen LogP contribution in [0.25, 0.3) is 0 Å². The average Bonchev–Trinajstić information content (AvgIpc) is 2.19. The lowest BCUT2D eigenvalue weighted by atomic mass is 10.0. The molecule has 0 bridgehead atoms. The first-order valence-electron chi connectivity index (χ1n) is 6.31. The van der Waals surface area contributed by atoms with Gasteiger partial charge in [-0.05, 0) is 32.1 Å². The first kappa shape index (κ1) is 15.4. The van der Waals surface area contributed by atoms with Crippen molar-refractivity contribution in [3.8, 4) is 0 Å². The van der Waals surface area contributed by atoms with E-state index in [9.17, 15) is 0 Å². The second-order valence-electron chi connectivity index (χ2n) is 5.81. The Kier molecular flexibility index (Phi) is 7.40. The molecule has 0 aliphatic carbocycles. The molecule has 0 aromatic rings. The molecule has 0 aliphatic rings. The van der Waals surface area contributed by atoms with Gasteiger partial charge in [0.15, 0.2) is 0 Å². The molecular weight excluding hydrogens is 208 g/mol. The molecule has 0 nitrogen and oxygen atoms in total. The Morgan fingerprint density at radius 2 is 1.94 bits per heavy atom. The molecule has 0 heterocycles. The van der Waals surface area contributed by atoms with E-state index < -0.39 is 8.07 Å². The normalized spacial score (nSPS) is 15.4. The van der Waals surface area contributed by atoms with Crippen LogP contribution in [0.4, 0.5) is 0 Å². The monoisotopic (exact) mass is 236 g/mol. The largest absolute Gasteiger partial charge is 0.103 e. The molecule has 0 fully saturated rings. The van der Waals surface area contributed by atoms with Crippen molar-refractivity contribution in [1.29, 1.82) is 0 Å². The van der Waals surface area contributed by atoms with E-state index in [-0.39, 0.29) is 0 Å². The molecule has 0 aromatic carbocycles. The van der Waals surface area contributed by atoms with Gasteiger partial charge in [0.2, 0.25) is 0 Å². The molecule has 0 aromatic heterocycles. The molecule has 0 spiro atoms. The zero-order chi connectivity index (χ0) is 12.6. The predicted molar refractivity (Wildman–Crippen MR) is 79.5 cm³/mol. The summed E-state index contributed by atoms with van der Waals surface area (Å²) >= 11 is 0. The van der Waals surface area contributed by atoms with E-state index in [0.717, 1.165) is 6.42 Å². The van der Waals surface area contributed by atoms with Gasteiger partial charge in [-0.3, -0.25) is 0 Å². The summed E-state index contributed by atoms with van der Waals surface area (Å²) in [5.74, 6) is 0.640. The van der Waals surface area contributed by atoms with Crippen LogP contribution in [0.15, 0.2) is 36.1 Å². The van der Waals surface area contributed by atoms with Gasteiger partial charge in [-0.1, -0.05) is 56.1 Å². The first-order chi connectivity index (χ1) is 7.35. The van der Waals surface area contributed by atoms with E-state index in [2.05, 4.69) is 57.9 Å². The van der Waals surface area contributed by atoms with Crippen molar-refractivity contribution in [2.75, 3.05) is 0 Å². The first-order valence-corrected chi connectivity index (χ1v) is 9.89. The number of hydrogen-bond donors (Lipinski definition) is 0. The Hall–Kier alpha value is -0.563. The zero-order valence-electron chi connectivity index (χ0n) is 11.7. The van der Waals surface area contributed by atoms with Crippen LogP contribution in [0.3, 0.4) is 0 Å². The lowest BCUT2D eigenvalue weighted by Gasteiger charge is -2.08. The molecule has 0 amide bonds. The van der Waals surface area contributed by atoms with Crippen molar-refractivity contribution >= 4 is 8.07 Å². The van der Waals surface area contributed by atoms with Crippen LogP contribution in [-0.2, 0) is 0 Å². The number of rotatable bonds is 7. The molecule has 0 radical (unpaired) electrons. The number of allylic oxidation sites excluding steroid dienone is 4. The lowest BCUT2D eigenvalue weighted by molar-refractivity contribution is 0.645. The fourth-order valence-corrected chi connectivity index (χ4v) is 2.21. The van der Waals surface area contributed by atoms with Crippen molar-refractivity contribution in [3.05, 3.63) is 36.1 Å². The molecule has 92 valence electrons. The quantitative estimate of drug-likeness (QED) is 0.412. The predicted octanol–water partition coefficient (Wildman–Crippen LogP) is 5.36. The minimum Gasteiger partial charge on any atom is -0.103 e. The molecule has 0 saturated heterocycles. The maximum absolute atomic E-state index is 3.81. The average molecular weight is 236 g/mol. The van der Waals surface area contributed by atoms with Gasteiger partial charge in [0, 0.05) is 0 Å². The standard InChI is InChI=1S/C15H28Si/c1-7-14(2)11-12-15(3)10-8-9-13-16(4,5)6/h7,9-10,13-14H,1,8,11-12H2,2-6H3/b13-9-,15-10+. The zero-order valence-corrected chi connectivity index (χ0v) is 12.7. The highest BCUT2D eigenvalue weighted by atomic mass is 28.3. The Labute approximate surface area is 103 Å². The van der Waals surface area contributed by atoms with E-state index in [1.165, 1.54) is 18.4 Å². The molecule has 1 atom stereocenters. The maximum atomic E-state index is 3.81. The maximum Gasteiger partial charge on any atom is 0.0683 e. The molecule has 0 N–H and O–H groups in total. The molecule has 16 heavy (non-hydrogen) atoms. The summed E-state index contributed by atoms with van der Waals surface area (Å²) < 4.78 is 0. The molecule has 0 aliphatic heterocycles. The van der Waals surface area contributed by atoms with Crippen LogP contribution < -0.4 is 0 Å². The molecule has 1 heteroatoms. The van der Waals surface area contributed by atoms with Gasteiger partial charge < -0.3 is 0 Å². The summed E-state index contributed by atoms with van der Waals surface area (Å²) in [5.41, 5.74) is 3.93. The Morgan fingerprint density at radius 1 is 1.31 bits per heavy atom. The van der Waals surface area contributed by atoms with Crippen LogP contribution in [0.1, 0.15) is 33.1 Å². The van der Waals surface area contributed by atoms with Gasteiger partial charge in [0.1, 0.15) is 0 Å². The molecular formula is C15H28Si. The minimum atomic E-state index is -0.994. The highest BCUT2D eigenvalue weighted by molar-refractivity contribution is 6.80. The van der Waals surface area contributed by atoms with Crippen LogP contribution in [0.5, 0.6) is 0 Å². The SMILES string of the molecule is C=CC(C)CC/C(C)=C/C/C=C\[Si](C)(C)C. The van der Waals surface area contributed by atoms with Gasteiger partial charge in [0.05, 0.1) is 8.07 Å². The van der Waals surface area contributed by atoms with Crippen LogP contribution in [0, 0.1) is 5.92 Å². The van der Waals surface area contributed by atoms with E-state index in [4.69, 9.17) is 0 Å². The fourth-order valence-electron chi connectivity index (χ4n) is 1.37. The number of hydrogen-bond acceptors (Lipinski definition) is 0. The van der Waals surface area contributed by atoms with E-state index >= 15 is 0 Å². The highest BCUT2D eigenvalue weighted by Gasteiger charge is 2.05. The molecule has 1 unspecified atom stereocenters. The van der Waals surface area contributed by atoms with Crippen molar-refractivity contribution in [1.82, 2.24) is 0 Å². The van der Waals surface area contributed by atoms with Crippen LogP contribution in [-0.4, -0.2) is 8.07 Å². The van der Waals surface area contributed by atoms with Crippen molar-refractivity contribution in [2.45, 2.75) is 52.8 Å². The van der Waals surface area contributed by atoms with E-state index in [0.29, 0.717) is 5.92 Å². The third-order valence-electron chi connectivity index (χ3n) is 2.62. The summed E-state index contributed by atoms with van der Waals surface area (Å²) in [6, 6.07) is 0. The van der Waals surface area contributed by atoms with Crippen LogP contribution >= 0.6 is 0 Å². The van der Waals surface area contributed by atoms with Crippen molar-refractivity contribution in [3.63, 3.8) is 0 Å². The van der Waals surface area contributed by atoms with E-state index in [1.807, 2.05) is 6.08 Å². The van der Waals surface area contributed by atoms with Crippen molar-refractivity contribution in [2.24, 2.45) is 5.92 Å². The van der Waals surface area contributed by atoms with Gasteiger partial charge >= 0.3 is 0 Å². The third-order valence-corrected chi connectivity index (χ3v) is 3.85. The Bertz CT molecular complexity index is 253. The van der Waals surface area contributed by atoms with Gasteiger partial charge in [-0.25, -0.2) is 0 Å². The smallest absolute Gasteiger partial charge is 0.0683 e. The minimum absolute atomic E-state index is 0.640. The summed E-state index contributed by atoms with van der Waals surface area (Å²) in [5, 5.41) is 0. The Morgan fingerprint density at radius 3 is 2.44 bits per heavy atom.